The number of carboxylic acid groups (broad SMARTS) is 1. The Labute approximate surface area is 160 Å². The summed E-state index contributed by atoms with van der Waals surface area (Å²) in [4.78, 5) is 20.7. The second kappa shape index (κ2) is 8.97. The normalized spacial score (nSPS) is 17.3. The number of carbonyl (C=O) groups is 1. The Bertz CT molecular complexity index is 767. The van der Waals surface area contributed by atoms with E-state index in [0.29, 0.717) is 12.3 Å². The van der Waals surface area contributed by atoms with Crippen molar-refractivity contribution in [2.75, 3.05) is 33.3 Å². The molecule has 2 heterocycles. The highest BCUT2D eigenvalue weighted by Gasteiger charge is 2.31. The zero-order valence-electron chi connectivity index (χ0n) is 16.0. The Balaban J connectivity index is 1.76. The number of hydrogen-bond acceptors (Lipinski definition) is 5. The summed E-state index contributed by atoms with van der Waals surface area (Å²) in [5.74, 6) is -0.205. The molecule has 1 aliphatic rings. The summed E-state index contributed by atoms with van der Waals surface area (Å²) < 4.78 is 5.45. The fourth-order valence-corrected chi connectivity index (χ4v) is 3.71. The van der Waals surface area contributed by atoms with Crippen molar-refractivity contribution in [1.82, 2.24) is 14.8 Å². The molecule has 0 bridgehead atoms. The number of aromatic nitrogens is 1. The van der Waals surface area contributed by atoms with Crippen LogP contribution in [0.4, 0.5) is 0 Å². The van der Waals surface area contributed by atoms with Gasteiger partial charge in [0.25, 0.3) is 0 Å². The Morgan fingerprint density at radius 2 is 2.11 bits per heavy atom. The van der Waals surface area contributed by atoms with Gasteiger partial charge in [0.1, 0.15) is 11.8 Å². The number of pyridine rings is 1. The molecule has 1 aliphatic heterocycles. The number of aryl methyl sites for hydroxylation is 1. The van der Waals surface area contributed by atoms with Crippen LogP contribution in [-0.4, -0.2) is 59.1 Å². The first-order chi connectivity index (χ1) is 13.1. The fourth-order valence-electron chi connectivity index (χ4n) is 3.71. The van der Waals surface area contributed by atoms with Crippen LogP contribution in [-0.2, 0) is 11.3 Å². The highest BCUT2D eigenvalue weighted by Crippen LogP contribution is 2.31. The minimum Gasteiger partial charge on any atom is -0.496 e. The Hall–Kier alpha value is -2.44. The molecule has 1 unspecified atom stereocenters. The lowest BCUT2D eigenvalue weighted by Gasteiger charge is -2.29. The number of hydrogen-bond donors (Lipinski definition) is 1. The van der Waals surface area contributed by atoms with Gasteiger partial charge in [0.2, 0.25) is 0 Å². The zero-order chi connectivity index (χ0) is 19.2. The number of carboxylic acids is 1. The van der Waals surface area contributed by atoms with Crippen molar-refractivity contribution in [2.24, 2.45) is 0 Å². The summed E-state index contributed by atoms with van der Waals surface area (Å²) in [5.41, 5.74) is 2.94. The lowest BCUT2D eigenvalue weighted by molar-refractivity contribution is -0.143. The largest absolute Gasteiger partial charge is 0.496 e. The van der Waals surface area contributed by atoms with Gasteiger partial charge >= 0.3 is 5.97 Å². The van der Waals surface area contributed by atoms with Crippen LogP contribution in [0.25, 0.3) is 0 Å². The molecule has 144 valence electrons. The van der Waals surface area contributed by atoms with Gasteiger partial charge in [-0.3, -0.25) is 19.6 Å². The maximum absolute atomic E-state index is 12.1. The molecule has 6 heteroatoms. The lowest BCUT2D eigenvalue weighted by Crippen LogP contribution is -2.37. The van der Waals surface area contributed by atoms with Crippen molar-refractivity contribution in [1.29, 1.82) is 0 Å². The summed E-state index contributed by atoms with van der Waals surface area (Å²) in [5, 5.41) is 9.96. The molecule has 0 aliphatic carbocycles. The lowest BCUT2D eigenvalue weighted by atomic mass is 10.0. The summed E-state index contributed by atoms with van der Waals surface area (Å²) in [7, 11) is 1.59. The van der Waals surface area contributed by atoms with Gasteiger partial charge in [0.15, 0.2) is 0 Å². The zero-order valence-corrected chi connectivity index (χ0v) is 16.0. The number of nitrogens with zero attached hydrogens (tertiary/aromatic N) is 3. The molecule has 1 saturated heterocycles. The van der Waals surface area contributed by atoms with Crippen LogP contribution in [0, 0.1) is 6.92 Å². The van der Waals surface area contributed by atoms with Crippen molar-refractivity contribution >= 4 is 5.97 Å². The molecule has 0 radical (unpaired) electrons. The minimum atomic E-state index is -0.834. The van der Waals surface area contributed by atoms with Crippen LogP contribution in [0.15, 0.2) is 42.7 Å². The van der Waals surface area contributed by atoms with Crippen molar-refractivity contribution in [2.45, 2.75) is 25.9 Å². The second-order valence-electron chi connectivity index (χ2n) is 7.01. The molecule has 1 atom stereocenters. The molecule has 27 heavy (non-hydrogen) atoms. The predicted octanol–water partition coefficient (Wildman–Crippen LogP) is 2.73. The van der Waals surface area contributed by atoms with Crippen molar-refractivity contribution in [3.8, 4) is 5.75 Å². The molecule has 0 saturated carbocycles. The summed E-state index contributed by atoms with van der Waals surface area (Å²) in [6.07, 6.45) is 4.60. The van der Waals surface area contributed by atoms with E-state index in [1.54, 1.807) is 13.3 Å². The van der Waals surface area contributed by atoms with E-state index in [9.17, 15) is 9.90 Å². The van der Waals surface area contributed by atoms with Crippen molar-refractivity contribution in [3.63, 3.8) is 0 Å². The third-order valence-corrected chi connectivity index (χ3v) is 5.03. The monoisotopic (exact) mass is 369 g/mol. The molecule has 0 spiro atoms. The molecule has 6 nitrogen and oxygen atoms in total. The van der Waals surface area contributed by atoms with Gasteiger partial charge in [0.05, 0.1) is 7.11 Å². The SMILES string of the molecule is COc1ccc(C)cc1C(C(=O)O)N1CCCN(Cc2cccnc2)CC1. The summed E-state index contributed by atoms with van der Waals surface area (Å²) in [6.45, 7) is 6.04. The summed E-state index contributed by atoms with van der Waals surface area (Å²) in [6, 6.07) is 9.05. The summed E-state index contributed by atoms with van der Waals surface area (Å²) >= 11 is 0. The highest BCUT2D eigenvalue weighted by atomic mass is 16.5. The minimum absolute atomic E-state index is 0.629. The van der Waals surface area contributed by atoms with E-state index in [1.165, 1.54) is 5.56 Å². The van der Waals surface area contributed by atoms with E-state index in [0.717, 1.165) is 43.7 Å². The van der Waals surface area contributed by atoms with Crippen LogP contribution in [0.5, 0.6) is 5.75 Å². The molecule has 1 N–H and O–H groups in total. The molecule has 1 fully saturated rings. The fraction of sp³-hybridized carbons (Fsp3) is 0.429. The van der Waals surface area contributed by atoms with E-state index in [1.807, 2.05) is 37.4 Å². The Kier molecular flexibility index (Phi) is 6.42. The first-order valence-corrected chi connectivity index (χ1v) is 9.31. The van der Waals surface area contributed by atoms with E-state index < -0.39 is 12.0 Å². The molecule has 1 aromatic heterocycles. The van der Waals surface area contributed by atoms with Gasteiger partial charge in [-0.2, -0.15) is 0 Å². The average Bonchev–Trinajstić information content (AvgIpc) is 2.88. The molecular formula is C21H27N3O3. The van der Waals surface area contributed by atoms with Gasteiger partial charge in [-0.15, -0.1) is 0 Å². The molecule has 2 aromatic rings. The number of rotatable bonds is 6. The van der Waals surface area contributed by atoms with Gasteiger partial charge in [-0.1, -0.05) is 23.8 Å². The topological polar surface area (TPSA) is 65.9 Å². The quantitative estimate of drug-likeness (QED) is 0.845. The van der Waals surface area contributed by atoms with Crippen molar-refractivity contribution in [3.05, 3.63) is 59.4 Å². The van der Waals surface area contributed by atoms with E-state index >= 15 is 0 Å². The first kappa shape index (κ1) is 19.3. The van der Waals surface area contributed by atoms with Crippen LogP contribution in [0.3, 0.4) is 0 Å². The second-order valence-corrected chi connectivity index (χ2v) is 7.01. The molecule has 0 amide bonds. The smallest absolute Gasteiger partial charge is 0.325 e. The Morgan fingerprint density at radius 3 is 2.81 bits per heavy atom. The average molecular weight is 369 g/mol. The molecule has 1 aromatic carbocycles. The third-order valence-electron chi connectivity index (χ3n) is 5.03. The highest BCUT2D eigenvalue weighted by molar-refractivity contribution is 5.77. The number of aliphatic carboxylic acids is 1. The van der Waals surface area contributed by atoms with Gasteiger partial charge in [-0.25, -0.2) is 0 Å². The van der Waals surface area contributed by atoms with Gasteiger partial charge < -0.3 is 9.84 Å². The van der Waals surface area contributed by atoms with Crippen LogP contribution in [0.1, 0.15) is 29.2 Å². The number of methoxy groups -OCH3 is 1. The third kappa shape index (κ3) is 4.84. The molecular weight excluding hydrogens is 342 g/mol. The Morgan fingerprint density at radius 1 is 1.26 bits per heavy atom. The number of ether oxygens (including phenoxy) is 1. The van der Waals surface area contributed by atoms with E-state index in [2.05, 4.69) is 20.9 Å². The number of benzene rings is 1. The predicted molar refractivity (Wildman–Crippen MR) is 104 cm³/mol. The standard InChI is InChI=1S/C21H27N3O3/c1-16-6-7-19(27-2)18(13-16)20(21(25)26)24-10-4-9-23(11-12-24)15-17-5-3-8-22-14-17/h3,5-8,13-14,20H,4,9-12,15H2,1-2H3,(H,25,26). The molecule has 3 rings (SSSR count). The van der Waals surface area contributed by atoms with Crippen molar-refractivity contribution < 1.29 is 14.6 Å². The van der Waals surface area contributed by atoms with Gasteiger partial charge in [-0.05, 0) is 37.6 Å². The van der Waals surface area contributed by atoms with Crippen LogP contribution < -0.4 is 4.74 Å². The van der Waals surface area contributed by atoms with E-state index in [4.69, 9.17) is 4.74 Å². The van der Waals surface area contributed by atoms with E-state index in [-0.39, 0.29) is 0 Å². The van der Waals surface area contributed by atoms with Crippen LogP contribution >= 0.6 is 0 Å². The van der Waals surface area contributed by atoms with Gasteiger partial charge in [0, 0.05) is 44.1 Å². The maximum Gasteiger partial charge on any atom is 0.325 e. The van der Waals surface area contributed by atoms with Crippen LogP contribution in [0.2, 0.25) is 0 Å². The first-order valence-electron chi connectivity index (χ1n) is 9.31. The maximum atomic E-state index is 12.1.